The minimum absolute atomic E-state index is 0.154. The molecule has 1 heterocycles. The largest absolute Gasteiger partial charge is 0.368 e. The van der Waals surface area contributed by atoms with Gasteiger partial charge in [-0.1, -0.05) is 22.6 Å². The molecule has 3 unspecified atom stereocenters. The lowest BCUT2D eigenvalue weighted by Gasteiger charge is -2.08. The first kappa shape index (κ1) is 6.09. The SMILES string of the molecule is O=C1CCC2OC2C1I. The van der Waals surface area contributed by atoms with Crippen molar-refractivity contribution < 1.29 is 9.53 Å². The van der Waals surface area contributed by atoms with Crippen LogP contribution < -0.4 is 0 Å². The molecule has 9 heavy (non-hydrogen) atoms. The number of carbonyl (C=O) groups is 1. The highest BCUT2D eigenvalue weighted by Gasteiger charge is 2.49. The number of fused-ring (bicyclic) bond motifs is 1. The Kier molecular flexibility index (Phi) is 1.30. The number of ether oxygens (including phenoxy) is 1. The Morgan fingerprint density at radius 3 is 3.11 bits per heavy atom. The van der Waals surface area contributed by atoms with Crippen LogP contribution in [0.25, 0.3) is 0 Å². The Morgan fingerprint density at radius 2 is 2.44 bits per heavy atom. The summed E-state index contributed by atoms with van der Waals surface area (Å²) < 4.78 is 5.39. The first-order valence-corrected chi connectivity index (χ1v) is 4.36. The Morgan fingerprint density at radius 1 is 1.67 bits per heavy atom. The van der Waals surface area contributed by atoms with Gasteiger partial charge in [0.1, 0.15) is 11.9 Å². The van der Waals surface area contributed by atoms with E-state index in [1.54, 1.807) is 0 Å². The minimum atomic E-state index is 0.154. The van der Waals surface area contributed by atoms with E-state index >= 15 is 0 Å². The molecule has 1 aliphatic heterocycles. The predicted octanol–water partition coefficient (Wildman–Crippen LogP) is 0.920. The number of alkyl halides is 1. The molecular formula is C6H7IO2. The molecule has 3 heteroatoms. The summed E-state index contributed by atoms with van der Waals surface area (Å²) in [7, 11) is 0. The van der Waals surface area contributed by atoms with Crippen molar-refractivity contribution in [3.8, 4) is 0 Å². The number of halogens is 1. The second-order valence-corrected chi connectivity index (χ2v) is 3.89. The van der Waals surface area contributed by atoms with Crippen LogP contribution in [0.4, 0.5) is 0 Å². The molecule has 3 atom stereocenters. The van der Waals surface area contributed by atoms with Crippen molar-refractivity contribution in [1.82, 2.24) is 0 Å². The summed E-state index contributed by atoms with van der Waals surface area (Å²) in [5.41, 5.74) is 0. The Balaban J connectivity index is 2.10. The van der Waals surface area contributed by atoms with Crippen LogP contribution in [0.15, 0.2) is 0 Å². The van der Waals surface area contributed by atoms with Gasteiger partial charge in [0.25, 0.3) is 0 Å². The van der Waals surface area contributed by atoms with Crippen LogP contribution in [-0.2, 0) is 9.53 Å². The molecule has 2 aliphatic rings. The van der Waals surface area contributed by atoms with Crippen LogP contribution >= 0.6 is 22.6 Å². The molecule has 1 aliphatic carbocycles. The van der Waals surface area contributed by atoms with E-state index < -0.39 is 0 Å². The third-order valence-electron chi connectivity index (χ3n) is 1.89. The van der Waals surface area contributed by atoms with E-state index in [0.717, 1.165) is 12.8 Å². The van der Waals surface area contributed by atoms with Gasteiger partial charge in [-0.2, -0.15) is 0 Å². The van der Waals surface area contributed by atoms with Gasteiger partial charge >= 0.3 is 0 Å². The number of Topliss-reactive ketones (excluding diaryl/α,β-unsaturated/α-hetero) is 1. The maximum Gasteiger partial charge on any atom is 0.148 e. The number of rotatable bonds is 0. The topological polar surface area (TPSA) is 29.6 Å². The van der Waals surface area contributed by atoms with Crippen molar-refractivity contribution in [2.45, 2.75) is 29.0 Å². The summed E-state index contributed by atoms with van der Waals surface area (Å²) in [6.45, 7) is 0. The number of hydrogen-bond donors (Lipinski definition) is 0. The highest BCUT2D eigenvalue weighted by molar-refractivity contribution is 14.1. The van der Waals surface area contributed by atoms with E-state index in [9.17, 15) is 4.79 Å². The van der Waals surface area contributed by atoms with Gasteiger partial charge in [-0.15, -0.1) is 0 Å². The molecule has 0 spiro atoms. The van der Waals surface area contributed by atoms with E-state index in [4.69, 9.17) is 4.74 Å². The number of carbonyl (C=O) groups excluding carboxylic acids is 1. The second-order valence-electron chi connectivity index (χ2n) is 2.55. The lowest BCUT2D eigenvalue weighted by molar-refractivity contribution is -0.118. The standard InChI is InChI=1S/C6H7IO2/c7-5-3(8)1-2-4-6(5)9-4/h4-6H,1-2H2. The highest BCUT2D eigenvalue weighted by Crippen LogP contribution is 2.38. The summed E-state index contributed by atoms with van der Waals surface area (Å²) >= 11 is 2.18. The Labute approximate surface area is 67.1 Å². The van der Waals surface area contributed by atoms with Gasteiger partial charge in [0.2, 0.25) is 0 Å². The fraction of sp³-hybridized carbons (Fsp3) is 0.833. The number of epoxide rings is 1. The third kappa shape index (κ3) is 0.902. The van der Waals surface area contributed by atoms with Crippen molar-refractivity contribution in [1.29, 1.82) is 0 Å². The van der Waals surface area contributed by atoms with Crippen LogP contribution in [0, 0.1) is 0 Å². The van der Waals surface area contributed by atoms with Crippen molar-refractivity contribution >= 4 is 28.4 Å². The average Bonchev–Trinajstić information content (AvgIpc) is 2.58. The Hall–Kier alpha value is 0.360. The van der Waals surface area contributed by atoms with Gasteiger partial charge in [-0.3, -0.25) is 4.79 Å². The first-order valence-electron chi connectivity index (χ1n) is 3.11. The van der Waals surface area contributed by atoms with Crippen LogP contribution in [0.1, 0.15) is 12.8 Å². The fourth-order valence-electron chi connectivity index (χ4n) is 1.25. The van der Waals surface area contributed by atoms with Crippen molar-refractivity contribution in [2.75, 3.05) is 0 Å². The number of ketones is 1. The van der Waals surface area contributed by atoms with E-state index in [2.05, 4.69) is 22.6 Å². The van der Waals surface area contributed by atoms with E-state index in [1.807, 2.05) is 0 Å². The molecule has 2 nitrogen and oxygen atoms in total. The summed E-state index contributed by atoms with van der Waals surface area (Å²) in [5, 5.41) is 0. The third-order valence-corrected chi connectivity index (χ3v) is 3.30. The summed E-state index contributed by atoms with van der Waals surface area (Å²) in [6, 6.07) is 0. The van der Waals surface area contributed by atoms with Gasteiger partial charge in [-0.25, -0.2) is 0 Å². The molecule has 2 fully saturated rings. The molecule has 50 valence electrons. The lowest BCUT2D eigenvalue weighted by atomic mass is 10.00. The second kappa shape index (κ2) is 1.92. The van der Waals surface area contributed by atoms with Crippen LogP contribution in [0.5, 0.6) is 0 Å². The molecule has 0 aromatic heterocycles. The molecule has 1 saturated carbocycles. The van der Waals surface area contributed by atoms with E-state index in [1.165, 1.54) is 0 Å². The average molecular weight is 238 g/mol. The maximum atomic E-state index is 10.9. The van der Waals surface area contributed by atoms with Crippen molar-refractivity contribution in [2.24, 2.45) is 0 Å². The molecular weight excluding hydrogens is 231 g/mol. The minimum Gasteiger partial charge on any atom is -0.368 e. The zero-order valence-electron chi connectivity index (χ0n) is 4.84. The smallest absolute Gasteiger partial charge is 0.148 e. The molecule has 0 aromatic rings. The normalized spacial score (nSPS) is 48.6. The van der Waals surface area contributed by atoms with Gasteiger partial charge in [0, 0.05) is 6.42 Å². The van der Waals surface area contributed by atoms with E-state index in [0.29, 0.717) is 11.9 Å². The summed E-state index contributed by atoms with van der Waals surface area (Å²) in [6.07, 6.45) is 2.41. The lowest BCUT2D eigenvalue weighted by Crippen LogP contribution is -2.26. The van der Waals surface area contributed by atoms with Gasteiger partial charge in [0.05, 0.1) is 10.0 Å². The molecule has 0 aromatic carbocycles. The zero-order chi connectivity index (χ0) is 6.43. The van der Waals surface area contributed by atoms with Crippen LogP contribution in [-0.4, -0.2) is 21.9 Å². The number of hydrogen-bond acceptors (Lipinski definition) is 2. The van der Waals surface area contributed by atoms with Crippen molar-refractivity contribution in [3.05, 3.63) is 0 Å². The maximum absolute atomic E-state index is 10.9. The van der Waals surface area contributed by atoms with Gasteiger partial charge in [0.15, 0.2) is 0 Å². The first-order chi connectivity index (χ1) is 4.29. The molecule has 0 amide bonds. The predicted molar refractivity (Wildman–Crippen MR) is 40.7 cm³/mol. The fourth-order valence-corrected chi connectivity index (χ4v) is 2.20. The molecule has 0 N–H and O–H groups in total. The Bertz CT molecular complexity index is 157. The molecule has 0 radical (unpaired) electrons. The van der Waals surface area contributed by atoms with Gasteiger partial charge in [-0.05, 0) is 6.42 Å². The van der Waals surface area contributed by atoms with E-state index in [-0.39, 0.29) is 10.0 Å². The van der Waals surface area contributed by atoms with Gasteiger partial charge < -0.3 is 4.74 Å². The molecule has 2 rings (SSSR count). The molecule has 1 saturated heterocycles. The molecule has 0 bridgehead atoms. The summed E-state index contributed by atoms with van der Waals surface area (Å²) in [4.78, 5) is 10.9. The quantitative estimate of drug-likeness (QED) is 0.357. The zero-order valence-corrected chi connectivity index (χ0v) is 7.00. The van der Waals surface area contributed by atoms with Crippen LogP contribution in [0.3, 0.4) is 0 Å². The van der Waals surface area contributed by atoms with Crippen LogP contribution in [0.2, 0.25) is 0 Å². The summed E-state index contributed by atoms with van der Waals surface area (Å²) in [5.74, 6) is 0.370. The highest BCUT2D eigenvalue weighted by atomic mass is 127. The van der Waals surface area contributed by atoms with Crippen molar-refractivity contribution in [3.63, 3.8) is 0 Å². The monoisotopic (exact) mass is 238 g/mol.